The number of rotatable bonds is 4. The maximum atomic E-state index is 12.2. The van der Waals surface area contributed by atoms with Crippen molar-refractivity contribution in [1.29, 1.82) is 0 Å². The molecular formula is C12H9F3O6S. The number of carbonyl (C=O) groups is 1. The number of benzene rings is 1. The molecule has 0 aliphatic carbocycles. The molecule has 0 aliphatic rings. The molecule has 0 saturated carbocycles. The molecule has 0 fully saturated rings. The average Bonchev–Trinajstić information content (AvgIpc) is 2.80. The molecule has 0 aliphatic heterocycles. The first-order valence-electron chi connectivity index (χ1n) is 5.85. The van der Waals surface area contributed by atoms with Crippen LogP contribution < -0.4 is 4.18 Å². The zero-order valence-electron chi connectivity index (χ0n) is 11.0. The summed E-state index contributed by atoms with van der Waals surface area (Å²) in [5, 5.41) is 0.375. The quantitative estimate of drug-likeness (QED) is 0.484. The number of hydrogen-bond donors (Lipinski definition) is 0. The normalized spacial score (nSPS) is 12.4. The Bertz CT molecular complexity index is 806. The van der Waals surface area contributed by atoms with Gasteiger partial charge in [-0.1, -0.05) is 0 Å². The molecule has 2 aromatic rings. The Morgan fingerprint density at radius 1 is 1.27 bits per heavy atom. The van der Waals surface area contributed by atoms with Crippen LogP contribution >= 0.6 is 0 Å². The van der Waals surface area contributed by atoms with Gasteiger partial charge in [0.2, 0.25) is 5.76 Å². The molecular weight excluding hydrogens is 329 g/mol. The smallest absolute Gasteiger partial charge is 0.460 e. The average molecular weight is 338 g/mol. The molecule has 1 heterocycles. The van der Waals surface area contributed by atoms with Crippen LogP contribution in [0.2, 0.25) is 0 Å². The zero-order valence-corrected chi connectivity index (χ0v) is 11.8. The maximum Gasteiger partial charge on any atom is 0.534 e. The van der Waals surface area contributed by atoms with Crippen molar-refractivity contribution in [3.63, 3.8) is 0 Å². The summed E-state index contributed by atoms with van der Waals surface area (Å²) in [6.07, 6.45) is 0. The van der Waals surface area contributed by atoms with E-state index in [-0.39, 0.29) is 18.0 Å². The van der Waals surface area contributed by atoms with Crippen LogP contribution in [-0.2, 0) is 14.9 Å². The van der Waals surface area contributed by atoms with E-state index in [1.807, 2.05) is 0 Å². The molecule has 120 valence electrons. The summed E-state index contributed by atoms with van der Waals surface area (Å²) in [6, 6.07) is 4.51. The van der Waals surface area contributed by atoms with Crippen molar-refractivity contribution in [3.8, 4) is 5.75 Å². The van der Waals surface area contributed by atoms with E-state index in [0.29, 0.717) is 5.39 Å². The van der Waals surface area contributed by atoms with Crippen LogP contribution in [0.5, 0.6) is 5.75 Å². The highest BCUT2D eigenvalue weighted by molar-refractivity contribution is 7.88. The van der Waals surface area contributed by atoms with Crippen LogP contribution in [0.25, 0.3) is 11.0 Å². The highest BCUT2D eigenvalue weighted by Gasteiger charge is 2.48. The number of ether oxygens (including phenoxy) is 1. The second-order valence-corrected chi connectivity index (χ2v) is 5.55. The summed E-state index contributed by atoms with van der Waals surface area (Å²) < 4.78 is 72.3. The lowest BCUT2D eigenvalue weighted by molar-refractivity contribution is -0.0500. The number of hydrogen-bond acceptors (Lipinski definition) is 6. The molecule has 0 unspecified atom stereocenters. The Balaban J connectivity index is 2.33. The Morgan fingerprint density at radius 2 is 1.95 bits per heavy atom. The second kappa shape index (κ2) is 5.52. The molecule has 0 amide bonds. The Hall–Kier alpha value is -2.23. The first-order chi connectivity index (χ1) is 10.1. The van der Waals surface area contributed by atoms with Gasteiger partial charge < -0.3 is 13.3 Å². The number of carbonyl (C=O) groups excluding carboxylic acids is 1. The molecule has 0 saturated heterocycles. The van der Waals surface area contributed by atoms with Crippen LogP contribution in [0.4, 0.5) is 13.2 Å². The van der Waals surface area contributed by atoms with Crippen molar-refractivity contribution in [1.82, 2.24) is 0 Å². The molecule has 6 nitrogen and oxygen atoms in total. The lowest BCUT2D eigenvalue weighted by Crippen LogP contribution is -2.27. The van der Waals surface area contributed by atoms with Crippen LogP contribution in [0.1, 0.15) is 17.5 Å². The predicted octanol–water partition coefficient (Wildman–Crippen LogP) is 2.84. The first kappa shape index (κ1) is 16.1. The molecule has 1 aromatic heterocycles. The second-order valence-electron chi connectivity index (χ2n) is 4.01. The fourth-order valence-corrected chi connectivity index (χ4v) is 1.99. The van der Waals surface area contributed by atoms with Gasteiger partial charge in [0.25, 0.3) is 0 Å². The fourth-order valence-electron chi connectivity index (χ4n) is 1.54. The summed E-state index contributed by atoms with van der Waals surface area (Å²) in [6.45, 7) is 1.71. The third-order valence-corrected chi connectivity index (χ3v) is 3.44. The van der Waals surface area contributed by atoms with Crippen molar-refractivity contribution in [2.24, 2.45) is 0 Å². The molecule has 1 aromatic carbocycles. The van der Waals surface area contributed by atoms with E-state index in [9.17, 15) is 26.4 Å². The summed E-state index contributed by atoms with van der Waals surface area (Å²) in [7, 11) is -5.77. The summed E-state index contributed by atoms with van der Waals surface area (Å²) in [4.78, 5) is 11.5. The van der Waals surface area contributed by atoms with E-state index in [0.717, 1.165) is 12.1 Å². The van der Waals surface area contributed by atoms with Gasteiger partial charge in [-0.15, -0.1) is 0 Å². The molecule has 2 rings (SSSR count). The third-order valence-electron chi connectivity index (χ3n) is 2.46. The molecule has 0 atom stereocenters. The molecule has 22 heavy (non-hydrogen) atoms. The maximum absolute atomic E-state index is 12.2. The van der Waals surface area contributed by atoms with Crippen LogP contribution in [0.15, 0.2) is 28.7 Å². The minimum absolute atomic E-state index is 0.0158. The molecule has 0 spiro atoms. The van der Waals surface area contributed by atoms with Gasteiger partial charge in [0, 0.05) is 11.5 Å². The third kappa shape index (κ3) is 3.16. The van der Waals surface area contributed by atoms with Gasteiger partial charge in [0.1, 0.15) is 11.3 Å². The van der Waals surface area contributed by atoms with E-state index in [1.165, 1.54) is 12.1 Å². The number of esters is 1. The predicted molar refractivity (Wildman–Crippen MR) is 67.8 cm³/mol. The van der Waals surface area contributed by atoms with Gasteiger partial charge in [0.05, 0.1) is 6.61 Å². The zero-order chi connectivity index (χ0) is 16.5. The number of fused-ring (bicyclic) bond motifs is 1. The van der Waals surface area contributed by atoms with E-state index >= 15 is 0 Å². The highest BCUT2D eigenvalue weighted by Crippen LogP contribution is 2.30. The van der Waals surface area contributed by atoms with Crippen molar-refractivity contribution < 1.29 is 39.7 Å². The Labute approximate surface area is 122 Å². The molecule has 10 heteroatoms. The summed E-state index contributed by atoms with van der Waals surface area (Å²) in [5.74, 6) is -1.49. The summed E-state index contributed by atoms with van der Waals surface area (Å²) in [5.41, 5.74) is -5.56. The van der Waals surface area contributed by atoms with Gasteiger partial charge in [-0.2, -0.15) is 21.6 Å². The van der Waals surface area contributed by atoms with E-state index in [1.54, 1.807) is 6.92 Å². The minimum Gasteiger partial charge on any atom is -0.460 e. The van der Waals surface area contributed by atoms with Crippen molar-refractivity contribution in [2.75, 3.05) is 6.61 Å². The molecule has 0 bridgehead atoms. The SMILES string of the molecule is CCOC(=O)c1cc2ccc(OS(=O)(=O)C(F)(F)F)cc2o1. The topological polar surface area (TPSA) is 82.8 Å². The van der Waals surface area contributed by atoms with Crippen molar-refractivity contribution in [3.05, 3.63) is 30.0 Å². The Morgan fingerprint density at radius 3 is 2.55 bits per heavy atom. The van der Waals surface area contributed by atoms with Gasteiger partial charge in [-0.05, 0) is 25.1 Å². The van der Waals surface area contributed by atoms with Crippen LogP contribution in [0.3, 0.4) is 0 Å². The van der Waals surface area contributed by atoms with Gasteiger partial charge in [-0.3, -0.25) is 0 Å². The molecule has 0 N–H and O–H groups in total. The van der Waals surface area contributed by atoms with Crippen molar-refractivity contribution in [2.45, 2.75) is 12.4 Å². The Kier molecular flexibility index (Phi) is 4.05. The monoisotopic (exact) mass is 338 g/mol. The van der Waals surface area contributed by atoms with Crippen LogP contribution in [-0.4, -0.2) is 26.5 Å². The largest absolute Gasteiger partial charge is 0.534 e. The standard InChI is InChI=1S/C12H9F3O6S/c1-2-19-11(16)10-5-7-3-4-8(6-9(7)20-10)21-22(17,18)12(13,14)15/h3-6H,2H2,1H3. The van der Waals surface area contributed by atoms with Crippen LogP contribution in [0, 0.1) is 0 Å². The number of furan rings is 1. The minimum atomic E-state index is -5.77. The fraction of sp³-hybridized carbons (Fsp3) is 0.250. The van der Waals surface area contributed by atoms with Crippen molar-refractivity contribution >= 4 is 27.1 Å². The first-order valence-corrected chi connectivity index (χ1v) is 7.26. The van der Waals surface area contributed by atoms with Gasteiger partial charge >= 0.3 is 21.6 Å². The summed E-state index contributed by atoms with van der Waals surface area (Å²) >= 11 is 0. The molecule has 0 radical (unpaired) electrons. The highest BCUT2D eigenvalue weighted by atomic mass is 32.2. The van der Waals surface area contributed by atoms with E-state index in [4.69, 9.17) is 9.15 Å². The van der Waals surface area contributed by atoms with Gasteiger partial charge in [-0.25, -0.2) is 4.79 Å². The lowest BCUT2D eigenvalue weighted by atomic mass is 10.2. The van der Waals surface area contributed by atoms with Gasteiger partial charge in [0.15, 0.2) is 0 Å². The lowest BCUT2D eigenvalue weighted by Gasteiger charge is -2.08. The number of alkyl halides is 3. The van der Waals surface area contributed by atoms with E-state index < -0.39 is 27.3 Å². The number of halogens is 3. The van der Waals surface area contributed by atoms with E-state index in [2.05, 4.69) is 4.18 Å².